The molecular formula is C15H22ClF3N2O2. The van der Waals surface area contributed by atoms with Crippen LogP contribution in [0.4, 0.5) is 13.2 Å². The first-order valence-electron chi connectivity index (χ1n) is 7.29. The van der Waals surface area contributed by atoms with Gasteiger partial charge in [0.25, 0.3) is 0 Å². The molecule has 2 rings (SSSR count). The van der Waals surface area contributed by atoms with Crippen molar-refractivity contribution in [1.29, 1.82) is 0 Å². The van der Waals surface area contributed by atoms with Crippen LogP contribution in [0.1, 0.15) is 24.4 Å². The lowest BCUT2D eigenvalue weighted by molar-refractivity contribution is -0.138. The second-order valence-electron chi connectivity index (χ2n) is 5.39. The molecule has 1 aromatic rings. The fourth-order valence-electron chi connectivity index (χ4n) is 2.77. The second-order valence-corrected chi connectivity index (χ2v) is 5.39. The van der Waals surface area contributed by atoms with Crippen molar-refractivity contribution in [3.63, 3.8) is 0 Å². The zero-order valence-corrected chi connectivity index (χ0v) is 13.7. The lowest BCUT2D eigenvalue weighted by Gasteiger charge is -2.35. The van der Waals surface area contributed by atoms with Gasteiger partial charge < -0.3 is 15.2 Å². The van der Waals surface area contributed by atoms with Crippen LogP contribution in [0.25, 0.3) is 0 Å². The zero-order chi connectivity index (χ0) is 16.2. The molecule has 4 nitrogen and oxygen atoms in total. The van der Waals surface area contributed by atoms with Gasteiger partial charge >= 0.3 is 6.18 Å². The van der Waals surface area contributed by atoms with E-state index in [0.29, 0.717) is 24.4 Å². The minimum atomic E-state index is -4.18. The van der Waals surface area contributed by atoms with Gasteiger partial charge in [-0.2, -0.15) is 13.2 Å². The fraction of sp³-hybridized carbons (Fsp3) is 0.600. The molecule has 0 aliphatic carbocycles. The van der Waals surface area contributed by atoms with Crippen molar-refractivity contribution in [1.82, 2.24) is 10.2 Å². The molecule has 1 fully saturated rings. The van der Waals surface area contributed by atoms with Crippen LogP contribution in [0.2, 0.25) is 0 Å². The third-order valence-corrected chi connectivity index (χ3v) is 3.88. The molecule has 2 N–H and O–H groups in total. The minimum Gasteiger partial charge on any atom is -0.504 e. The quantitative estimate of drug-likeness (QED) is 0.853. The number of halogens is 4. The molecule has 8 heteroatoms. The van der Waals surface area contributed by atoms with Gasteiger partial charge in [0.1, 0.15) is 0 Å². The van der Waals surface area contributed by atoms with Crippen molar-refractivity contribution in [2.75, 3.05) is 33.3 Å². The van der Waals surface area contributed by atoms with E-state index in [9.17, 15) is 18.3 Å². The van der Waals surface area contributed by atoms with Crippen LogP contribution in [0.5, 0.6) is 11.5 Å². The molecule has 0 aromatic heterocycles. The molecule has 0 amide bonds. The number of nitrogens with one attached hydrogen (secondary N) is 1. The summed E-state index contributed by atoms with van der Waals surface area (Å²) in [6.07, 6.45) is -5.04. The predicted octanol–water partition coefficient (Wildman–Crippen LogP) is 3.11. The number of benzene rings is 1. The number of aromatic hydroxyl groups is 1. The normalized spacial score (nSPS) is 17.4. The first kappa shape index (κ1) is 19.9. The van der Waals surface area contributed by atoms with Crippen LogP contribution >= 0.6 is 12.4 Å². The lowest BCUT2D eigenvalue weighted by Crippen LogP contribution is -2.45. The zero-order valence-electron chi connectivity index (χ0n) is 12.9. The van der Waals surface area contributed by atoms with E-state index in [-0.39, 0.29) is 30.6 Å². The van der Waals surface area contributed by atoms with Crippen LogP contribution in [0.3, 0.4) is 0 Å². The molecule has 1 saturated heterocycles. The molecule has 0 unspecified atom stereocenters. The topological polar surface area (TPSA) is 44.7 Å². The Labute approximate surface area is 140 Å². The number of hydrogen-bond donors (Lipinski definition) is 2. The van der Waals surface area contributed by atoms with Crippen LogP contribution in [-0.4, -0.2) is 49.5 Å². The van der Waals surface area contributed by atoms with Gasteiger partial charge in [0.15, 0.2) is 11.5 Å². The summed E-state index contributed by atoms with van der Waals surface area (Å²) in [6, 6.07) is 4.46. The number of rotatable bonds is 5. The Kier molecular flexibility index (Phi) is 7.44. The van der Waals surface area contributed by atoms with Gasteiger partial charge in [0.2, 0.25) is 0 Å². The van der Waals surface area contributed by atoms with Crippen molar-refractivity contribution < 1.29 is 23.0 Å². The Balaban J connectivity index is 0.00000264. The van der Waals surface area contributed by atoms with E-state index in [1.165, 1.54) is 13.2 Å². The number of piperazine rings is 1. The number of alkyl halides is 3. The van der Waals surface area contributed by atoms with Crippen LogP contribution in [-0.2, 0) is 0 Å². The molecule has 1 aromatic carbocycles. The molecule has 23 heavy (non-hydrogen) atoms. The summed E-state index contributed by atoms with van der Waals surface area (Å²) in [5.74, 6) is 0.269. The van der Waals surface area contributed by atoms with Crippen molar-refractivity contribution in [2.45, 2.75) is 25.1 Å². The van der Waals surface area contributed by atoms with Crippen molar-refractivity contribution in [3.05, 3.63) is 23.8 Å². The number of ether oxygens (including phenoxy) is 1. The molecular weight excluding hydrogens is 333 g/mol. The maximum atomic E-state index is 12.6. The summed E-state index contributed by atoms with van der Waals surface area (Å²) in [5.41, 5.74) is 0.685. The Morgan fingerprint density at radius 3 is 2.48 bits per heavy atom. The highest BCUT2D eigenvalue weighted by Gasteiger charge is 2.31. The molecule has 0 saturated carbocycles. The minimum absolute atomic E-state index is 0. The van der Waals surface area contributed by atoms with E-state index in [0.717, 1.165) is 13.1 Å². The van der Waals surface area contributed by atoms with E-state index in [4.69, 9.17) is 4.74 Å². The summed E-state index contributed by atoms with van der Waals surface area (Å²) in [4.78, 5) is 2.03. The third-order valence-electron chi connectivity index (χ3n) is 3.88. The lowest BCUT2D eigenvalue weighted by atomic mass is 9.98. The Morgan fingerprint density at radius 2 is 1.96 bits per heavy atom. The largest absolute Gasteiger partial charge is 0.504 e. The first-order valence-corrected chi connectivity index (χ1v) is 7.29. The highest BCUT2D eigenvalue weighted by atomic mass is 35.5. The van der Waals surface area contributed by atoms with Gasteiger partial charge in [0.05, 0.1) is 7.11 Å². The second kappa shape index (κ2) is 8.61. The smallest absolute Gasteiger partial charge is 0.389 e. The summed E-state index contributed by atoms with van der Waals surface area (Å²) >= 11 is 0. The Bertz CT molecular complexity index is 494. The maximum Gasteiger partial charge on any atom is 0.389 e. The van der Waals surface area contributed by atoms with Gasteiger partial charge in [-0.3, -0.25) is 4.90 Å². The number of methoxy groups -OCH3 is 1. The monoisotopic (exact) mass is 354 g/mol. The predicted molar refractivity (Wildman–Crippen MR) is 84.4 cm³/mol. The van der Waals surface area contributed by atoms with Gasteiger partial charge in [0, 0.05) is 38.6 Å². The van der Waals surface area contributed by atoms with Crippen LogP contribution in [0.15, 0.2) is 18.2 Å². The molecule has 1 aliphatic heterocycles. The van der Waals surface area contributed by atoms with E-state index < -0.39 is 12.6 Å². The molecule has 1 aliphatic rings. The summed E-state index contributed by atoms with van der Waals surface area (Å²) in [5, 5.41) is 13.1. The molecule has 132 valence electrons. The van der Waals surface area contributed by atoms with E-state index in [1.54, 1.807) is 12.1 Å². The maximum absolute atomic E-state index is 12.6. The van der Waals surface area contributed by atoms with E-state index >= 15 is 0 Å². The Morgan fingerprint density at radius 1 is 1.30 bits per heavy atom. The number of nitrogens with zero attached hydrogens (tertiary/aromatic N) is 1. The summed E-state index contributed by atoms with van der Waals surface area (Å²) in [6.45, 7) is 2.89. The van der Waals surface area contributed by atoms with Crippen molar-refractivity contribution in [2.24, 2.45) is 0 Å². The average molecular weight is 355 g/mol. The third kappa shape index (κ3) is 5.75. The highest BCUT2D eigenvalue weighted by Crippen LogP contribution is 2.35. The molecule has 0 bridgehead atoms. The highest BCUT2D eigenvalue weighted by molar-refractivity contribution is 5.85. The standard InChI is InChI=1S/C15H21F3N2O2.ClH/c1-22-14-3-2-11(10-13(14)21)12(4-5-15(16,17)18)20-8-6-19-7-9-20;/h2-3,10,12,19,21H,4-9H2,1H3;1H/t12-;/m1./s1. The Hall–Kier alpha value is -1.18. The van der Waals surface area contributed by atoms with Crippen LogP contribution < -0.4 is 10.1 Å². The van der Waals surface area contributed by atoms with E-state index in [2.05, 4.69) is 5.32 Å². The van der Waals surface area contributed by atoms with Crippen molar-refractivity contribution in [3.8, 4) is 11.5 Å². The molecule has 0 radical (unpaired) electrons. The molecule has 1 atom stereocenters. The number of hydrogen-bond acceptors (Lipinski definition) is 4. The summed E-state index contributed by atoms with van der Waals surface area (Å²) < 4.78 is 42.8. The van der Waals surface area contributed by atoms with Crippen molar-refractivity contribution >= 4 is 12.4 Å². The average Bonchev–Trinajstić information content (AvgIpc) is 2.47. The van der Waals surface area contributed by atoms with Gasteiger partial charge in [-0.05, 0) is 24.1 Å². The van der Waals surface area contributed by atoms with E-state index in [1.807, 2.05) is 4.90 Å². The SMILES string of the molecule is COc1ccc([C@@H](CCC(F)(F)F)N2CCNCC2)cc1O.Cl. The first-order chi connectivity index (χ1) is 10.4. The van der Waals surface area contributed by atoms with Gasteiger partial charge in [-0.15, -0.1) is 12.4 Å². The number of phenols is 1. The van der Waals surface area contributed by atoms with Gasteiger partial charge in [-0.25, -0.2) is 0 Å². The fourth-order valence-corrected chi connectivity index (χ4v) is 2.77. The number of phenolic OH excluding ortho intramolecular Hbond substituents is 1. The van der Waals surface area contributed by atoms with Gasteiger partial charge in [-0.1, -0.05) is 6.07 Å². The molecule has 0 spiro atoms. The molecule has 1 heterocycles. The summed E-state index contributed by atoms with van der Waals surface area (Å²) in [7, 11) is 1.44. The van der Waals surface area contributed by atoms with Crippen LogP contribution in [0, 0.1) is 0 Å².